The summed E-state index contributed by atoms with van der Waals surface area (Å²) in [7, 11) is -8.30. The van der Waals surface area contributed by atoms with E-state index in [4.69, 9.17) is 18.1 Å². The molecule has 0 aliphatic carbocycles. The Morgan fingerprint density at radius 3 is 1.29 bits per heavy atom. The van der Waals surface area contributed by atoms with Crippen LogP contribution in [0.4, 0.5) is 0 Å². The zero-order chi connectivity index (χ0) is 18.8. The number of rotatable bonds is 14. The van der Waals surface area contributed by atoms with Crippen LogP contribution in [-0.4, -0.2) is 35.2 Å². The maximum absolute atomic E-state index is 11.8. The maximum atomic E-state index is 11.8. The van der Waals surface area contributed by atoms with Crippen LogP contribution in [0.25, 0.3) is 0 Å². The molecule has 0 amide bonds. The SMILES string of the molecule is CCC(CC)OP(=O)(O)OCC(C)COP(=O)(O)OC(CC)CC. The number of phosphoric acid groups is 2. The molecule has 0 bridgehead atoms. The van der Waals surface area contributed by atoms with Crippen LogP contribution in [0.1, 0.15) is 60.3 Å². The predicted molar refractivity (Wildman–Crippen MR) is 91.6 cm³/mol. The summed E-state index contributed by atoms with van der Waals surface area (Å²) < 4.78 is 43.5. The molecule has 2 N–H and O–H groups in total. The molecular formula is C14H32O8P2. The van der Waals surface area contributed by atoms with Gasteiger partial charge in [-0.1, -0.05) is 34.6 Å². The summed E-state index contributed by atoms with van der Waals surface area (Å²) in [5, 5.41) is 0. The normalized spacial score (nSPS) is 18.5. The summed E-state index contributed by atoms with van der Waals surface area (Å²) in [6.45, 7) is 8.78. The molecule has 0 saturated heterocycles. The van der Waals surface area contributed by atoms with Gasteiger partial charge in [0.2, 0.25) is 0 Å². The van der Waals surface area contributed by atoms with E-state index in [1.807, 2.05) is 27.7 Å². The first-order valence-electron chi connectivity index (χ1n) is 8.40. The zero-order valence-electron chi connectivity index (χ0n) is 15.2. The predicted octanol–water partition coefficient (Wildman–Crippen LogP) is 4.27. The van der Waals surface area contributed by atoms with Gasteiger partial charge < -0.3 is 9.79 Å². The van der Waals surface area contributed by atoms with Gasteiger partial charge in [0.1, 0.15) is 0 Å². The van der Waals surface area contributed by atoms with Crippen molar-refractivity contribution in [2.24, 2.45) is 5.92 Å². The fourth-order valence-electron chi connectivity index (χ4n) is 1.80. The van der Waals surface area contributed by atoms with Crippen LogP contribution in [0.2, 0.25) is 0 Å². The topological polar surface area (TPSA) is 112 Å². The van der Waals surface area contributed by atoms with Crippen molar-refractivity contribution in [2.75, 3.05) is 13.2 Å². The Kier molecular flexibility index (Phi) is 11.9. The quantitative estimate of drug-likeness (QED) is 0.423. The van der Waals surface area contributed by atoms with Crippen LogP contribution in [0.3, 0.4) is 0 Å². The highest BCUT2D eigenvalue weighted by Crippen LogP contribution is 2.47. The van der Waals surface area contributed by atoms with Gasteiger partial charge in [0.15, 0.2) is 0 Å². The highest BCUT2D eigenvalue weighted by molar-refractivity contribution is 7.47. The fourth-order valence-corrected chi connectivity index (χ4v) is 4.16. The lowest BCUT2D eigenvalue weighted by molar-refractivity contribution is 0.0675. The molecule has 0 spiro atoms. The average Bonchev–Trinajstić information content (AvgIpc) is 2.54. The van der Waals surface area contributed by atoms with E-state index in [1.54, 1.807) is 6.92 Å². The fraction of sp³-hybridized carbons (Fsp3) is 1.00. The molecule has 0 aliphatic rings. The molecule has 0 fully saturated rings. The van der Waals surface area contributed by atoms with E-state index >= 15 is 0 Å². The van der Waals surface area contributed by atoms with E-state index in [0.29, 0.717) is 25.7 Å². The minimum Gasteiger partial charge on any atom is -0.302 e. The molecule has 0 saturated carbocycles. The molecule has 0 heterocycles. The maximum Gasteiger partial charge on any atom is 0.472 e. The highest BCUT2D eigenvalue weighted by atomic mass is 31.2. The standard InChI is InChI=1S/C14H32O8P2/c1-6-13(7-2)21-23(15,16)19-10-12(5)11-20-24(17,18)22-14(8-3)9-4/h12-14H,6-11H2,1-5H3,(H,15,16)(H,17,18). The smallest absolute Gasteiger partial charge is 0.302 e. The molecule has 0 rings (SSSR count). The molecule has 8 nitrogen and oxygen atoms in total. The van der Waals surface area contributed by atoms with Gasteiger partial charge in [0.25, 0.3) is 0 Å². The van der Waals surface area contributed by atoms with Crippen molar-refractivity contribution in [3.05, 3.63) is 0 Å². The first-order valence-corrected chi connectivity index (χ1v) is 11.4. The van der Waals surface area contributed by atoms with Gasteiger partial charge in [-0.25, -0.2) is 9.13 Å². The van der Waals surface area contributed by atoms with Gasteiger partial charge in [0.05, 0.1) is 25.4 Å². The van der Waals surface area contributed by atoms with Gasteiger partial charge in [-0.3, -0.25) is 18.1 Å². The van der Waals surface area contributed by atoms with E-state index in [2.05, 4.69) is 0 Å². The van der Waals surface area contributed by atoms with Gasteiger partial charge in [-0.2, -0.15) is 0 Å². The minimum atomic E-state index is -4.15. The number of hydrogen-bond donors (Lipinski definition) is 2. The highest BCUT2D eigenvalue weighted by Gasteiger charge is 2.28. The monoisotopic (exact) mass is 390 g/mol. The average molecular weight is 390 g/mol. The second-order valence-electron chi connectivity index (χ2n) is 5.72. The molecule has 0 radical (unpaired) electrons. The lowest BCUT2D eigenvalue weighted by Gasteiger charge is -2.21. The summed E-state index contributed by atoms with van der Waals surface area (Å²) in [5.74, 6) is -0.387. The number of hydrogen-bond acceptors (Lipinski definition) is 6. The van der Waals surface area contributed by atoms with Crippen molar-refractivity contribution in [1.82, 2.24) is 0 Å². The third-order valence-corrected chi connectivity index (χ3v) is 5.51. The second-order valence-corrected chi connectivity index (χ2v) is 8.53. The van der Waals surface area contributed by atoms with Crippen LogP contribution in [0.15, 0.2) is 0 Å². The Bertz CT molecular complexity index is 385. The molecule has 0 aromatic heterocycles. The van der Waals surface area contributed by atoms with E-state index in [-0.39, 0.29) is 31.3 Å². The van der Waals surface area contributed by atoms with Crippen molar-refractivity contribution >= 4 is 15.6 Å². The molecule has 0 aromatic rings. The summed E-state index contributed by atoms with van der Waals surface area (Å²) in [5.41, 5.74) is 0. The van der Waals surface area contributed by atoms with Crippen molar-refractivity contribution < 1.29 is 37.0 Å². The van der Waals surface area contributed by atoms with Crippen molar-refractivity contribution in [3.63, 3.8) is 0 Å². The Balaban J connectivity index is 4.28. The van der Waals surface area contributed by atoms with Crippen LogP contribution in [0.5, 0.6) is 0 Å². The second kappa shape index (κ2) is 11.8. The van der Waals surface area contributed by atoms with E-state index in [0.717, 1.165) is 0 Å². The lowest BCUT2D eigenvalue weighted by atomic mass is 10.2. The van der Waals surface area contributed by atoms with Crippen LogP contribution in [-0.2, 0) is 27.2 Å². The van der Waals surface area contributed by atoms with Crippen molar-refractivity contribution in [1.29, 1.82) is 0 Å². The van der Waals surface area contributed by atoms with Crippen molar-refractivity contribution in [3.8, 4) is 0 Å². The van der Waals surface area contributed by atoms with Crippen LogP contribution in [0, 0.1) is 5.92 Å². The van der Waals surface area contributed by atoms with Gasteiger partial charge in [-0.15, -0.1) is 0 Å². The van der Waals surface area contributed by atoms with Crippen LogP contribution >= 0.6 is 15.6 Å². The third kappa shape index (κ3) is 11.0. The van der Waals surface area contributed by atoms with E-state index in [1.165, 1.54) is 0 Å². The first-order chi connectivity index (χ1) is 11.1. The number of phosphoric ester groups is 2. The minimum absolute atomic E-state index is 0.140. The third-order valence-electron chi connectivity index (χ3n) is 3.43. The van der Waals surface area contributed by atoms with Gasteiger partial charge >= 0.3 is 15.6 Å². The Morgan fingerprint density at radius 1 is 0.750 bits per heavy atom. The van der Waals surface area contributed by atoms with Gasteiger partial charge in [0, 0.05) is 5.92 Å². The molecular weight excluding hydrogens is 358 g/mol. The lowest BCUT2D eigenvalue weighted by Crippen LogP contribution is -2.16. The van der Waals surface area contributed by atoms with Crippen LogP contribution < -0.4 is 0 Å². The summed E-state index contributed by atoms with van der Waals surface area (Å²) in [6, 6.07) is 0. The molecule has 146 valence electrons. The molecule has 24 heavy (non-hydrogen) atoms. The molecule has 0 aromatic carbocycles. The van der Waals surface area contributed by atoms with Gasteiger partial charge in [-0.05, 0) is 25.7 Å². The molecule has 2 unspecified atom stereocenters. The summed E-state index contributed by atoms with van der Waals surface area (Å²) >= 11 is 0. The Labute approximate surface area is 145 Å². The Hall–Kier alpha value is 0.220. The summed E-state index contributed by atoms with van der Waals surface area (Å²) in [4.78, 5) is 19.3. The summed E-state index contributed by atoms with van der Waals surface area (Å²) in [6.07, 6.45) is 1.71. The zero-order valence-corrected chi connectivity index (χ0v) is 17.0. The first kappa shape index (κ1) is 24.2. The molecule has 0 aliphatic heterocycles. The largest absolute Gasteiger partial charge is 0.472 e. The van der Waals surface area contributed by atoms with E-state index < -0.39 is 15.6 Å². The van der Waals surface area contributed by atoms with E-state index in [9.17, 15) is 18.9 Å². The molecule has 2 atom stereocenters. The van der Waals surface area contributed by atoms with Crippen molar-refractivity contribution in [2.45, 2.75) is 72.5 Å². The Morgan fingerprint density at radius 2 is 1.04 bits per heavy atom. The molecule has 10 heteroatoms.